The minimum Gasteiger partial charge on any atom is -0.418 e. The number of likely N-dealkylation sites (N-methyl/N-ethyl adjacent to an activating group) is 1. The van der Waals surface area contributed by atoms with Gasteiger partial charge in [0.2, 0.25) is 5.76 Å². The van der Waals surface area contributed by atoms with E-state index in [4.69, 9.17) is 4.42 Å². The van der Waals surface area contributed by atoms with Gasteiger partial charge < -0.3 is 19.5 Å². The van der Waals surface area contributed by atoms with Crippen molar-refractivity contribution in [2.75, 3.05) is 43.4 Å². The normalized spacial score (nSPS) is 14.8. The zero-order valence-electron chi connectivity index (χ0n) is 17.3. The Bertz CT molecular complexity index is 1240. The van der Waals surface area contributed by atoms with Crippen LogP contribution in [0.1, 0.15) is 10.6 Å². The highest BCUT2D eigenvalue weighted by atomic mass is 16.4. The number of piperazine rings is 1. The number of carbonyl (C=O) groups excluding carboxylic acids is 1. The third-order valence-corrected chi connectivity index (χ3v) is 5.34. The SMILES string of the molecule is CN1CCN(c2ncc(C(=O)Nc3cc4cc(-c5cnn(C)c5)ncc4cn3)o2)CC1. The van der Waals surface area contributed by atoms with Crippen LogP contribution in [0.3, 0.4) is 0 Å². The predicted molar refractivity (Wildman–Crippen MR) is 116 cm³/mol. The van der Waals surface area contributed by atoms with E-state index in [1.54, 1.807) is 23.3 Å². The molecule has 1 fully saturated rings. The van der Waals surface area contributed by atoms with E-state index < -0.39 is 0 Å². The summed E-state index contributed by atoms with van der Waals surface area (Å²) in [5, 5.41) is 8.77. The molecule has 0 unspecified atom stereocenters. The molecule has 1 aliphatic heterocycles. The van der Waals surface area contributed by atoms with E-state index in [2.05, 4.69) is 37.3 Å². The van der Waals surface area contributed by atoms with E-state index in [9.17, 15) is 4.79 Å². The maximum absolute atomic E-state index is 12.7. The lowest BCUT2D eigenvalue weighted by Crippen LogP contribution is -2.44. The summed E-state index contributed by atoms with van der Waals surface area (Å²) >= 11 is 0. The number of oxazole rings is 1. The smallest absolute Gasteiger partial charge is 0.298 e. The van der Waals surface area contributed by atoms with E-state index in [0.29, 0.717) is 11.8 Å². The maximum atomic E-state index is 12.7. The molecule has 1 amide bonds. The lowest BCUT2D eigenvalue weighted by Gasteiger charge is -2.31. The van der Waals surface area contributed by atoms with Crippen LogP contribution in [0, 0.1) is 0 Å². The third kappa shape index (κ3) is 3.97. The Kier molecular flexibility index (Phi) is 4.83. The van der Waals surface area contributed by atoms with Gasteiger partial charge in [-0.1, -0.05) is 0 Å². The first-order valence-corrected chi connectivity index (χ1v) is 10.0. The average Bonchev–Trinajstić information content (AvgIpc) is 3.43. The molecule has 0 bridgehead atoms. The van der Waals surface area contributed by atoms with Crippen LogP contribution in [0.2, 0.25) is 0 Å². The summed E-state index contributed by atoms with van der Waals surface area (Å²) in [5.74, 6) is 0.196. The molecule has 0 radical (unpaired) electrons. The number of pyridine rings is 2. The van der Waals surface area contributed by atoms with Crippen LogP contribution in [0.25, 0.3) is 22.0 Å². The number of nitrogens with zero attached hydrogens (tertiary/aromatic N) is 7. The summed E-state index contributed by atoms with van der Waals surface area (Å²) in [7, 11) is 3.94. The summed E-state index contributed by atoms with van der Waals surface area (Å²) < 4.78 is 7.43. The molecule has 0 aromatic carbocycles. The highest BCUT2D eigenvalue weighted by Crippen LogP contribution is 2.23. The Morgan fingerprint density at radius 3 is 2.55 bits per heavy atom. The van der Waals surface area contributed by atoms with Gasteiger partial charge in [-0.05, 0) is 24.6 Å². The summed E-state index contributed by atoms with van der Waals surface area (Å²) in [6.07, 6.45) is 8.56. The molecule has 4 aromatic rings. The standard InChI is InChI=1S/C21H22N8O2/c1-27-3-5-29(6-4-27)21-24-12-18(31-21)20(30)26-19-8-14-7-17(16-11-25-28(2)13-16)22-9-15(14)10-23-19/h7-13H,3-6H2,1-2H3,(H,23,26,30). The minimum absolute atomic E-state index is 0.154. The molecule has 10 heteroatoms. The zero-order valence-corrected chi connectivity index (χ0v) is 17.3. The second kappa shape index (κ2) is 7.80. The first-order valence-electron chi connectivity index (χ1n) is 10.0. The van der Waals surface area contributed by atoms with Crippen molar-refractivity contribution in [3.63, 3.8) is 0 Å². The fourth-order valence-corrected chi connectivity index (χ4v) is 3.51. The molecule has 31 heavy (non-hydrogen) atoms. The summed E-state index contributed by atoms with van der Waals surface area (Å²) in [6.45, 7) is 3.50. The average molecular weight is 418 g/mol. The van der Waals surface area contributed by atoms with Gasteiger partial charge in [0.15, 0.2) is 0 Å². The number of aromatic nitrogens is 5. The molecule has 4 aromatic heterocycles. The van der Waals surface area contributed by atoms with Crippen LogP contribution in [0.15, 0.2) is 47.5 Å². The third-order valence-electron chi connectivity index (χ3n) is 5.34. The van der Waals surface area contributed by atoms with Crippen molar-refractivity contribution >= 4 is 28.5 Å². The van der Waals surface area contributed by atoms with Crippen molar-refractivity contribution in [1.29, 1.82) is 0 Å². The number of anilines is 2. The minimum atomic E-state index is -0.388. The number of amides is 1. The van der Waals surface area contributed by atoms with Gasteiger partial charge >= 0.3 is 0 Å². The molecule has 0 spiro atoms. The van der Waals surface area contributed by atoms with E-state index in [1.807, 2.05) is 30.3 Å². The van der Waals surface area contributed by atoms with Crippen LogP contribution in [-0.4, -0.2) is 68.8 Å². The van der Waals surface area contributed by atoms with Crippen molar-refractivity contribution in [2.24, 2.45) is 7.05 Å². The monoisotopic (exact) mass is 418 g/mol. The van der Waals surface area contributed by atoms with Crippen molar-refractivity contribution in [3.8, 4) is 11.3 Å². The first-order chi connectivity index (χ1) is 15.0. The first kappa shape index (κ1) is 19.2. The van der Waals surface area contributed by atoms with Crippen LogP contribution in [0.5, 0.6) is 0 Å². The lowest BCUT2D eigenvalue weighted by atomic mass is 10.1. The number of nitrogens with one attached hydrogen (secondary N) is 1. The Morgan fingerprint density at radius 1 is 0.968 bits per heavy atom. The molecule has 10 nitrogen and oxygen atoms in total. The molecular formula is C21H22N8O2. The molecule has 0 atom stereocenters. The predicted octanol–water partition coefficient (Wildman–Crippen LogP) is 2.02. The van der Waals surface area contributed by atoms with Gasteiger partial charge in [-0.3, -0.25) is 14.5 Å². The second-order valence-corrected chi connectivity index (χ2v) is 7.64. The van der Waals surface area contributed by atoms with E-state index >= 15 is 0 Å². The molecule has 158 valence electrons. The quantitative estimate of drug-likeness (QED) is 0.537. The summed E-state index contributed by atoms with van der Waals surface area (Å²) in [4.78, 5) is 30.0. The summed E-state index contributed by atoms with van der Waals surface area (Å²) in [6, 6.07) is 4.23. The Balaban J connectivity index is 1.33. The number of carbonyl (C=O) groups is 1. The number of rotatable bonds is 4. The van der Waals surface area contributed by atoms with E-state index in [1.165, 1.54) is 6.20 Å². The van der Waals surface area contributed by atoms with Crippen LogP contribution in [-0.2, 0) is 7.05 Å². The number of fused-ring (bicyclic) bond motifs is 1. The fourth-order valence-electron chi connectivity index (χ4n) is 3.51. The van der Waals surface area contributed by atoms with Crippen LogP contribution in [0.4, 0.5) is 11.8 Å². The molecule has 5 rings (SSSR count). The number of hydrogen-bond donors (Lipinski definition) is 1. The van der Waals surface area contributed by atoms with Gasteiger partial charge in [0.05, 0.1) is 18.1 Å². The number of hydrogen-bond acceptors (Lipinski definition) is 8. The van der Waals surface area contributed by atoms with Gasteiger partial charge in [0.1, 0.15) is 5.82 Å². The van der Waals surface area contributed by atoms with Crippen LogP contribution < -0.4 is 10.2 Å². The van der Waals surface area contributed by atoms with Crippen molar-refractivity contribution in [1.82, 2.24) is 29.6 Å². The molecule has 0 aliphatic carbocycles. The van der Waals surface area contributed by atoms with E-state index in [0.717, 1.165) is 48.2 Å². The zero-order chi connectivity index (χ0) is 21.4. The highest BCUT2D eigenvalue weighted by molar-refractivity contribution is 6.02. The largest absolute Gasteiger partial charge is 0.418 e. The Hall–Kier alpha value is -3.79. The van der Waals surface area contributed by atoms with Crippen LogP contribution >= 0.6 is 0 Å². The molecule has 5 heterocycles. The topological polar surface area (TPSA) is 105 Å². The molecule has 1 N–H and O–H groups in total. The van der Waals surface area contributed by atoms with Gasteiger partial charge in [-0.15, -0.1) is 0 Å². The summed E-state index contributed by atoms with van der Waals surface area (Å²) in [5.41, 5.74) is 1.72. The Labute approximate surface area is 178 Å². The molecule has 1 saturated heterocycles. The second-order valence-electron chi connectivity index (χ2n) is 7.64. The van der Waals surface area contributed by atoms with Crippen molar-refractivity contribution in [3.05, 3.63) is 48.9 Å². The molecule has 1 aliphatic rings. The van der Waals surface area contributed by atoms with Crippen molar-refractivity contribution < 1.29 is 9.21 Å². The van der Waals surface area contributed by atoms with E-state index in [-0.39, 0.29) is 11.7 Å². The van der Waals surface area contributed by atoms with Gasteiger partial charge in [0.25, 0.3) is 11.9 Å². The maximum Gasteiger partial charge on any atom is 0.298 e. The fraction of sp³-hybridized carbons (Fsp3) is 0.286. The lowest BCUT2D eigenvalue weighted by molar-refractivity contribution is 0.0996. The van der Waals surface area contributed by atoms with Gasteiger partial charge in [-0.25, -0.2) is 9.97 Å². The molecular weight excluding hydrogens is 396 g/mol. The molecule has 0 saturated carbocycles. The Morgan fingerprint density at radius 2 is 1.77 bits per heavy atom. The van der Waals surface area contributed by atoms with Gasteiger partial charge in [-0.2, -0.15) is 5.10 Å². The van der Waals surface area contributed by atoms with Crippen molar-refractivity contribution in [2.45, 2.75) is 0 Å². The highest BCUT2D eigenvalue weighted by Gasteiger charge is 2.21. The number of aryl methyl sites for hydroxylation is 1. The van der Waals surface area contributed by atoms with Gasteiger partial charge in [0, 0.05) is 62.8 Å².